The summed E-state index contributed by atoms with van der Waals surface area (Å²) < 4.78 is 155. The van der Waals surface area contributed by atoms with Gasteiger partial charge in [-0.15, -0.1) is 0 Å². The number of rotatable bonds is 17. The number of anilines is 12. The third kappa shape index (κ3) is 17.7. The molecular formula is C106H78B4F8N14O5S. The van der Waals surface area contributed by atoms with Crippen LogP contribution in [0.2, 0.25) is 0 Å². The Morgan fingerprint density at radius 1 is 0.297 bits per heavy atom. The number of fused-ring (bicyclic) bond motifs is 8. The Kier molecular flexibility index (Phi) is 23.3. The molecule has 138 heavy (non-hydrogen) atoms. The number of thiazole rings is 1. The molecule has 32 heteroatoms. The Hall–Kier alpha value is -17.4. The summed E-state index contributed by atoms with van der Waals surface area (Å²) in [4.78, 5) is 28.4. The van der Waals surface area contributed by atoms with Gasteiger partial charge < -0.3 is 90.6 Å². The van der Waals surface area contributed by atoms with Gasteiger partial charge in [-0.05, 0) is 222 Å². The molecule has 8 heterocycles. The van der Waals surface area contributed by atoms with Gasteiger partial charge in [-0.2, -0.15) is 0 Å². The minimum atomic E-state index is -4.45. The first-order valence-corrected chi connectivity index (χ1v) is 45.2. The molecule has 676 valence electrons. The van der Waals surface area contributed by atoms with Crippen molar-refractivity contribution < 1.29 is 75.5 Å². The Bertz CT molecular complexity index is 7220. The fourth-order valence-electron chi connectivity index (χ4n) is 17.0. The number of H-pyrrole nitrogens is 1. The normalized spacial score (nSPS) is 14.2. The van der Waals surface area contributed by atoms with Gasteiger partial charge in [0.2, 0.25) is 5.52 Å². The van der Waals surface area contributed by atoms with E-state index in [-0.39, 0.29) is 46.0 Å². The summed E-state index contributed by atoms with van der Waals surface area (Å²) in [5.74, 6) is 0.671. The lowest BCUT2D eigenvalue weighted by Crippen LogP contribution is -2.47. The molecule has 0 radical (unpaired) electrons. The number of oxazole rings is 1. The van der Waals surface area contributed by atoms with Gasteiger partial charge in [-0.1, -0.05) is 204 Å². The molecule has 19 nitrogen and oxygen atoms in total. The monoisotopic (exact) mass is 1850 g/mol. The number of para-hydroxylation sites is 15. The second-order valence-electron chi connectivity index (χ2n) is 32.4. The number of aryl methyl sites for hydroxylation is 1. The smallest absolute Gasteiger partial charge is 0.630 e. The van der Waals surface area contributed by atoms with Crippen molar-refractivity contribution in [2.45, 2.75) is 13.5 Å². The average Bonchev–Trinajstić information content (AvgIpc) is 1.52. The lowest BCUT2D eigenvalue weighted by molar-refractivity contribution is -0.365. The second-order valence-corrected chi connectivity index (χ2v) is 33.4. The molecule has 0 amide bonds. The summed E-state index contributed by atoms with van der Waals surface area (Å²) in [7, 11) is -17.6. The number of nitrogens with zero attached hydrogens (tertiary/aromatic N) is 13. The van der Waals surface area contributed by atoms with Crippen molar-refractivity contribution in [3.63, 3.8) is 0 Å². The molecule has 0 saturated heterocycles. The lowest BCUT2D eigenvalue weighted by atomic mass is 9.99. The molecule has 0 spiro atoms. The minimum absolute atomic E-state index is 0.0381. The van der Waals surface area contributed by atoms with Gasteiger partial charge in [-0.25, -0.2) is 9.55 Å². The van der Waals surface area contributed by atoms with Crippen LogP contribution in [0, 0.1) is 0 Å². The van der Waals surface area contributed by atoms with E-state index >= 15 is 34.5 Å². The van der Waals surface area contributed by atoms with E-state index < -0.39 is 28.2 Å². The molecule has 0 unspecified atom stereocenters. The van der Waals surface area contributed by atoms with Crippen LogP contribution in [0.5, 0.6) is 23.0 Å². The number of benzene rings is 16. The van der Waals surface area contributed by atoms with E-state index in [4.69, 9.17) is 23.0 Å². The van der Waals surface area contributed by atoms with E-state index in [1.165, 1.54) is 36.2 Å². The van der Waals surface area contributed by atoms with E-state index in [0.717, 1.165) is 80.6 Å². The standard InChI is InChI=1S/C28H23BF2N4O.C26H19BF2N4O.C26H18BF2N3O2.C26H18BF2N3OS/c1-2-33-26-16-10-9-15-25(26)32-28(33)34-20-21-17-18-24(19-27(21)36-29(34,30)31)35(22-11-5-3-6-12-22)23-13-7-4-8-14-23;28-27(29)32(26-30-23-13-7-8-14-24(23)31-26)18-19-15-16-22(17-25(19)34-27)33(20-9-3-1-4-10-20)21-11-5-2-6-12-21;28-27(29)31(26-30-23-13-7-8-14-24(23)33-26)18-19-15-16-22(17-25(19)34-27)32(20-9-3-1-4-10-20)21-11-5-2-6-12-21;28-27(29)31(26-30-23-13-7-8-14-25(23)34-26)18-19-15-16-22(17-24(19)33-27)32(20-9-3-1-4-10-20)21-11-5-2-6-12-21/h3-20H,2H2,1H3;1-18H,(H,30,31);2*1-18H. The molecule has 16 aromatic carbocycles. The average molecular weight is 1860 g/mol. The van der Waals surface area contributed by atoms with Crippen LogP contribution in [-0.4, -0.2) is 100 Å². The summed E-state index contributed by atoms with van der Waals surface area (Å²) >= 11 is 1.21. The van der Waals surface area contributed by atoms with Crippen LogP contribution in [-0.2, 0) is 6.54 Å². The van der Waals surface area contributed by atoms with Crippen LogP contribution in [0.3, 0.4) is 0 Å². The van der Waals surface area contributed by atoms with Crippen molar-refractivity contribution in [1.29, 1.82) is 0 Å². The van der Waals surface area contributed by atoms with E-state index in [1.807, 2.05) is 354 Å². The largest absolute Gasteiger partial charge is 0.736 e. The van der Waals surface area contributed by atoms with Gasteiger partial charge in [0.1, 0.15) is 11.0 Å². The maximum Gasteiger partial charge on any atom is 0.736 e. The first-order chi connectivity index (χ1) is 67.3. The van der Waals surface area contributed by atoms with Crippen LogP contribution < -0.4 is 38.2 Å². The van der Waals surface area contributed by atoms with Crippen molar-refractivity contribution in [1.82, 2.24) is 29.5 Å². The predicted molar refractivity (Wildman–Crippen MR) is 534 cm³/mol. The molecule has 0 atom stereocenters. The Balaban J connectivity index is 0.000000110. The Labute approximate surface area is 790 Å². The minimum Gasteiger partial charge on any atom is -0.630 e. The number of nitrogens with one attached hydrogen (secondary N) is 1. The van der Waals surface area contributed by atoms with Crippen molar-refractivity contribution >= 4 is 199 Å². The highest BCUT2D eigenvalue weighted by molar-refractivity contribution is 7.21. The number of hydrogen-bond donors (Lipinski definition) is 1. The summed E-state index contributed by atoms with van der Waals surface area (Å²) in [5.41, 5.74) is 16.7. The Morgan fingerprint density at radius 3 is 1.01 bits per heavy atom. The van der Waals surface area contributed by atoms with Crippen molar-refractivity contribution in [3.05, 3.63) is 435 Å². The van der Waals surface area contributed by atoms with Gasteiger partial charge >= 0.3 is 51.2 Å². The third-order valence-electron chi connectivity index (χ3n) is 23.4. The number of hydrogen-bond acceptors (Lipinski definition) is 14. The number of aromatic amines is 1. The topological polar surface area (TPSA) is 147 Å². The van der Waals surface area contributed by atoms with Crippen LogP contribution in [0.4, 0.5) is 126 Å². The fraction of sp³-hybridized carbons (Fsp3) is 0.0189. The van der Waals surface area contributed by atoms with Crippen molar-refractivity contribution in [3.8, 4) is 23.0 Å². The molecule has 4 aliphatic rings. The van der Waals surface area contributed by atoms with Crippen LogP contribution in [0.1, 0.15) is 29.2 Å². The zero-order valence-corrected chi connectivity index (χ0v) is 74.2. The van der Waals surface area contributed by atoms with Crippen molar-refractivity contribution in [2.75, 3.05) is 19.6 Å². The highest BCUT2D eigenvalue weighted by Gasteiger charge is 2.50. The van der Waals surface area contributed by atoms with Gasteiger partial charge in [0.05, 0.1) is 46.7 Å². The highest BCUT2D eigenvalue weighted by atomic mass is 32.1. The number of imidazole rings is 2. The van der Waals surface area contributed by atoms with Crippen LogP contribution in [0.25, 0.3) is 43.4 Å². The van der Waals surface area contributed by atoms with Gasteiger partial charge in [0.25, 0.3) is 0 Å². The van der Waals surface area contributed by atoms with Crippen LogP contribution >= 0.6 is 11.3 Å². The summed E-state index contributed by atoms with van der Waals surface area (Å²) in [6.45, 7) is 2.41. The fourth-order valence-corrected chi connectivity index (χ4v) is 18.0. The SMILES string of the molecule is CCn1c([N+]2=Cc3ccc(N(c4ccccc4)c4ccccc4)cc3O[B-]2(F)F)nc2ccccc21.F[B-]1(F)Oc2cc(N(c3ccccc3)c3ccccc3)ccc2C=[N+]1c1nc2ccccc2[nH]1.F[B-]1(F)Oc2cc(N(c3ccccc3)c3ccccc3)ccc2C=[N+]1c1nc2ccccc2o1.F[B-]1(F)Oc2cc(N(c3ccccc3)c3ccccc3)ccc2C=[N+]1c1nc2ccccc2s1. The molecule has 4 aromatic heterocycles. The molecule has 0 saturated carbocycles. The van der Waals surface area contributed by atoms with Gasteiger partial charge in [-0.3, -0.25) is 4.49 Å². The van der Waals surface area contributed by atoms with E-state index in [0.29, 0.717) is 77.8 Å². The molecule has 4 aliphatic heterocycles. The summed E-state index contributed by atoms with van der Waals surface area (Å²) in [6, 6.07) is 128. The molecule has 0 aliphatic carbocycles. The van der Waals surface area contributed by atoms with E-state index in [9.17, 15) is 0 Å². The maximum absolute atomic E-state index is 15.5. The second kappa shape index (κ2) is 36.9. The molecule has 1 N–H and O–H groups in total. The van der Waals surface area contributed by atoms with E-state index in [2.05, 4.69) is 24.9 Å². The van der Waals surface area contributed by atoms with Gasteiger partial charge in [0, 0.05) is 127 Å². The predicted octanol–water partition coefficient (Wildman–Crippen LogP) is 27.7. The number of aromatic nitrogens is 6. The lowest BCUT2D eigenvalue weighted by Gasteiger charge is -2.33. The quantitative estimate of drug-likeness (QED) is 0.0682. The molecule has 0 fully saturated rings. The first kappa shape index (κ1) is 87.3. The number of halogens is 8. The maximum atomic E-state index is 15.5. The first-order valence-electron chi connectivity index (χ1n) is 44.4. The highest BCUT2D eigenvalue weighted by Crippen LogP contribution is 2.47. The van der Waals surface area contributed by atoms with Crippen molar-refractivity contribution in [2.24, 2.45) is 0 Å². The van der Waals surface area contributed by atoms with Gasteiger partial charge in [0.15, 0.2) is 22.1 Å². The van der Waals surface area contributed by atoms with Crippen LogP contribution in [0.15, 0.2) is 417 Å². The Morgan fingerprint density at radius 2 is 0.616 bits per heavy atom. The molecule has 0 bridgehead atoms. The third-order valence-corrected chi connectivity index (χ3v) is 24.5. The summed E-state index contributed by atoms with van der Waals surface area (Å²) in [5, 5.41) is 0.205. The molecular weight excluding hydrogens is 1780 g/mol. The zero-order valence-electron chi connectivity index (χ0n) is 73.4. The zero-order chi connectivity index (χ0) is 94.1. The van der Waals surface area contributed by atoms with E-state index in [1.54, 1.807) is 89.5 Å². The molecule has 20 aromatic rings. The molecule has 24 rings (SSSR count). The summed E-state index contributed by atoms with van der Waals surface area (Å²) in [6.07, 6.45) is 5.57.